The van der Waals surface area contributed by atoms with E-state index in [-0.39, 0.29) is 6.54 Å². The third-order valence-corrected chi connectivity index (χ3v) is 4.28. The van der Waals surface area contributed by atoms with Crippen LogP contribution in [0.5, 0.6) is 0 Å². The Morgan fingerprint density at radius 1 is 1.14 bits per heavy atom. The summed E-state index contributed by atoms with van der Waals surface area (Å²) in [4.78, 5) is 22.3. The molecule has 0 aromatic heterocycles. The Labute approximate surface area is 159 Å². The Balaban J connectivity index is 2.13. The van der Waals surface area contributed by atoms with Crippen LogP contribution < -0.4 is 11.1 Å². The lowest BCUT2D eigenvalue weighted by molar-refractivity contribution is -0.385. The van der Waals surface area contributed by atoms with Crippen molar-refractivity contribution >= 4 is 11.6 Å². The number of hydrogen-bond donors (Lipinski definition) is 2. The minimum Gasteiger partial charge on any atom is -0.350 e. The summed E-state index contributed by atoms with van der Waals surface area (Å²) in [5.41, 5.74) is 5.34. The van der Waals surface area contributed by atoms with Crippen molar-refractivity contribution in [2.24, 2.45) is 5.73 Å². The Morgan fingerprint density at radius 3 is 2.21 bits per heavy atom. The maximum atomic E-state index is 12.7. The topological polar surface area (TPSA) is 98.3 Å². The number of nitrogens with two attached hydrogens (primary N) is 1. The van der Waals surface area contributed by atoms with E-state index >= 15 is 0 Å². The highest BCUT2D eigenvalue weighted by molar-refractivity contribution is 5.98. The van der Waals surface area contributed by atoms with Crippen LogP contribution in [0, 0.1) is 10.1 Å². The zero-order valence-electron chi connectivity index (χ0n) is 15.3. The zero-order valence-corrected chi connectivity index (χ0v) is 15.3. The molecule has 0 spiro atoms. The molecule has 1 unspecified atom stereocenters. The quantitative estimate of drug-likeness (QED) is 0.567. The summed E-state index contributed by atoms with van der Waals surface area (Å²) in [6, 6.07) is 8.69. The van der Waals surface area contributed by atoms with Crippen molar-refractivity contribution in [3.05, 3.63) is 74.8 Å². The van der Waals surface area contributed by atoms with Crippen LogP contribution in [-0.4, -0.2) is 17.4 Å². The van der Waals surface area contributed by atoms with Gasteiger partial charge in [-0.05, 0) is 29.2 Å². The van der Waals surface area contributed by atoms with Gasteiger partial charge in [0.05, 0.1) is 10.5 Å². The number of carbonyl (C=O) groups excluding carboxylic acids is 1. The molecule has 3 N–H and O–H groups in total. The average Bonchev–Trinajstić information content (AvgIpc) is 2.64. The standard InChI is InChI=1S/C19H20F3N3O3/c1-11(2)12-3-5-13(6-4-12)16(23)10-24-18(26)15-8-7-14(19(20,21)22)9-17(15)25(27)28/h3-9,11,16H,10,23H2,1-2H3,(H,24,26). The molecule has 0 radical (unpaired) electrons. The predicted molar refractivity (Wildman–Crippen MR) is 97.9 cm³/mol. The largest absolute Gasteiger partial charge is 0.416 e. The lowest BCUT2D eigenvalue weighted by atomic mass is 9.99. The summed E-state index contributed by atoms with van der Waals surface area (Å²) < 4.78 is 38.2. The van der Waals surface area contributed by atoms with Gasteiger partial charge in [-0.25, -0.2) is 0 Å². The van der Waals surface area contributed by atoms with Gasteiger partial charge in [0.25, 0.3) is 11.6 Å². The van der Waals surface area contributed by atoms with Crippen LogP contribution in [0.2, 0.25) is 0 Å². The van der Waals surface area contributed by atoms with Crippen LogP contribution >= 0.6 is 0 Å². The Morgan fingerprint density at radius 2 is 1.71 bits per heavy atom. The van der Waals surface area contributed by atoms with Gasteiger partial charge in [0.2, 0.25) is 0 Å². The third-order valence-electron chi connectivity index (χ3n) is 4.28. The van der Waals surface area contributed by atoms with Gasteiger partial charge in [-0.3, -0.25) is 14.9 Å². The third kappa shape index (κ3) is 5.07. The van der Waals surface area contributed by atoms with Crippen molar-refractivity contribution in [3.63, 3.8) is 0 Å². The second-order valence-electron chi connectivity index (χ2n) is 6.62. The monoisotopic (exact) mass is 395 g/mol. The van der Waals surface area contributed by atoms with Gasteiger partial charge >= 0.3 is 6.18 Å². The summed E-state index contributed by atoms with van der Waals surface area (Å²) >= 11 is 0. The van der Waals surface area contributed by atoms with E-state index in [9.17, 15) is 28.1 Å². The van der Waals surface area contributed by atoms with Crippen LogP contribution in [0.3, 0.4) is 0 Å². The maximum absolute atomic E-state index is 12.7. The highest BCUT2D eigenvalue weighted by Gasteiger charge is 2.34. The second kappa shape index (κ2) is 8.39. The molecule has 1 atom stereocenters. The van der Waals surface area contributed by atoms with Crippen LogP contribution in [-0.2, 0) is 6.18 Å². The number of nitro groups is 1. The first-order valence-electron chi connectivity index (χ1n) is 8.50. The molecule has 1 amide bonds. The molecule has 2 rings (SSSR count). The summed E-state index contributed by atoms with van der Waals surface area (Å²) in [5.74, 6) is -0.514. The summed E-state index contributed by atoms with van der Waals surface area (Å²) in [6.45, 7) is 4.07. The van der Waals surface area contributed by atoms with E-state index < -0.39 is 39.9 Å². The number of nitro benzene ring substituents is 1. The van der Waals surface area contributed by atoms with Gasteiger partial charge in [-0.2, -0.15) is 13.2 Å². The van der Waals surface area contributed by atoms with Crippen molar-refractivity contribution in [2.75, 3.05) is 6.54 Å². The van der Waals surface area contributed by atoms with Crippen LogP contribution in [0.15, 0.2) is 42.5 Å². The van der Waals surface area contributed by atoms with Gasteiger partial charge in [0.1, 0.15) is 5.56 Å². The second-order valence-corrected chi connectivity index (χ2v) is 6.62. The first-order valence-corrected chi connectivity index (χ1v) is 8.50. The summed E-state index contributed by atoms with van der Waals surface area (Å²) in [5, 5.41) is 13.5. The van der Waals surface area contributed by atoms with Crippen LogP contribution in [0.1, 0.15) is 52.9 Å². The zero-order chi connectivity index (χ0) is 21.1. The van der Waals surface area contributed by atoms with Gasteiger partial charge < -0.3 is 11.1 Å². The number of hydrogen-bond acceptors (Lipinski definition) is 4. The molecular formula is C19H20F3N3O3. The molecule has 0 bridgehead atoms. The van der Waals surface area contributed by atoms with Crippen molar-refractivity contribution in [2.45, 2.75) is 32.0 Å². The first kappa shape index (κ1) is 21.4. The Bertz CT molecular complexity index is 865. The van der Waals surface area contributed by atoms with Gasteiger partial charge in [-0.1, -0.05) is 38.1 Å². The lowest BCUT2D eigenvalue weighted by Crippen LogP contribution is -2.32. The predicted octanol–water partition coefficient (Wildman–Crippen LogP) is 4.17. The molecule has 0 heterocycles. The van der Waals surface area contributed by atoms with E-state index in [1.165, 1.54) is 0 Å². The molecule has 150 valence electrons. The fourth-order valence-corrected chi connectivity index (χ4v) is 2.59. The molecule has 0 fully saturated rings. The van der Waals surface area contributed by atoms with Crippen molar-refractivity contribution in [3.8, 4) is 0 Å². The number of carbonyl (C=O) groups is 1. The summed E-state index contributed by atoms with van der Waals surface area (Å²) in [7, 11) is 0. The maximum Gasteiger partial charge on any atom is 0.416 e. The highest BCUT2D eigenvalue weighted by atomic mass is 19.4. The molecule has 9 heteroatoms. The Hall–Kier alpha value is -2.94. The molecule has 0 saturated carbocycles. The van der Waals surface area contributed by atoms with Crippen LogP contribution in [0.4, 0.5) is 18.9 Å². The molecule has 0 aliphatic heterocycles. The number of amides is 1. The summed E-state index contributed by atoms with van der Waals surface area (Å²) in [6.07, 6.45) is -4.75. The molecule has 6 nitrogen and oxygen atoms in total. The van der Waals surface area contributed by atoms with Crippen LogP contribution in [0.25, 0.3) is 0 Å². The van der Waals surface area contributed by atoms with Crippen molar-refractivity contribution < 1.29 is 22.9 Å². The van der Waals surface area contributed by atoms with E-state index in [2.05, 4.69) is 5.32 Å². The van der Waals surface area contributed by atoms with Gasteiger partial charge in [-0.15, -0.1) is 0 Å². The molecule has 0 aliphatic rings. The van der Waals surface area contributed by atoms with E-state index in [0.717, 1.165) is 17.2 Å². The molecule has 28 heavy (non-hydrogen) atoms. The molecule has 0 saturated heterocycles. The number of halogens is 3. The SMILES string of the molecule is CC(C)c1ccc(C(N)CNC(=O)c2ccc(C(F)(F)F)cc2[N+](=O)[O-])cc1. The number of rotatable bonds is 6. The molecule has 2 aromatic carbocycles. The fraction of sp³-hybridized carbons (Fsp3) is 0.316. The van der Waals surface area contributed by atoms with E-state index in [4.69, 9.17) is 5.73 Å². The van der Waals surface area contributed by atoms with E-state index in [0.29, 0.717) is 18.1 Å². The first-order chi connectivity index (χ1) is 13.0. The van der Waals surface area contributed by atoms with Gasteiger partial charge in [0, 0.05) is 18.7 Å². The minimum atomic E-state index is -4.75. The number of nitrogens with zero attached hydrogens (tertiary/aromatic N) is 1. The normalized spacial score (nSPS) is 12.7. The minimum absolute atomic E-state index is 0.0297. The van der Waals surface area contributed by atoms with Crippen molar-refractivity contribution in [1.29, 1.82) is 0 Å². The molecule has 2 aromatic rings. The van der Waals surface area contributed by atoms with E-state index in [1.54, 1.807) is 0 Å². The Kier molecular flexibility index (Phi) is 6.40. The molecular weight excluding hydrogens is 375 g/mol. The lowest BCUT2D eigenvalue weighted by Gasteiger charge is -2.15. The smallest absolute Gasteiger partial charge is 0.350 e. The molecule has 0 aliphatic carbocycles. The average molecular weight is 395 g/mol. The highest BCUT2D eigenvalue weighted by Crippen LogP contribution is 2.33. The number of nitrogens with one attached hydrogen (secondary N) is 1. The number of alkyl halides is 3. The van der Waals surface area contributed by atoms with E-state index in [1.807, 2.05) is 38.1 Å². The number of benzene rings is 2. The van der Waals surface area contributed by atoms with Crippen molar-refractivity contribution in [1.82, 2.24) is 5.32 Å². The van der Waals surface area contributed by atoms with Gasteiger partial charge in [0.15, 0.2) is 0 Å². The fourth-order valence-electron chi connectivity index (χ4n) is 2.59.